The number of carbonyl (C=O) groups excluding carboxylic acids is 1. The summed E-state index contributed by atoms with van der Waals surface area (Å²) in [6.45, 7) is 0. The Morgan fingerprint density at radius 3 is 2.57 bits per heavy atom. The third kappa shape index (κ3) is 3.52. The molecule has 0 spiro atoms. The van der Waals surface area contributed by atoms with E-state index >= 15 is 0 Å². The molecule has 3 nitrogen and oxygen atoms in total. The molecule has 0 atom stereocenters. The summed E-state index contributed by atoms with van der Waals surface area (Å²) in [4.78, 5) is 12.0. The Bertz CT molecular complexity index is 901. The molecule has 0 aromatic heterocycles. The van der Waals surface area contributed by atoms with Gasteiger partial charge in [-0.1, -0.05) is 65.7 Å². The smallest absolute Gasteiger partial charge is 0.267 e. The predicted molar refractivity (Wildman–Crippen MR) is 95.5 cm³/mol. The summed E-state index contributed by atoms with van der Waals surface area (Å²) in [7, 11) is 0. The van der Waals surface area contributed by atoms with Crippen molar-refractivity contribution < 1.29 is 4.79 Å². The van der Waals surface area contributed by atoms with Crippen LogP contribution in [0.3, 0.4) is 0 Å². The first kappa shape index (κ1) is 15.5. The Morgan fingerprint density at radius 1 is 0.957 bits per heavy atom. The van der Waals surface area contributed by atoms with Gasteiger partial charge in [-0.2, -0.15) is 5.10 Å². The molecule has 0 aliphatic heterocycles. The fraction of sp³-hybridized carbons (Fsp3) is 0. The van der Waals surface area contributed by atoms with Crippen LogP contribution in [0.4, 0.5) is 0 Å². The first-order chi connectivity index (χ1) is 11.1. The molecular weight excluding hydrogens is 331 g/mol. The zero-order chi connectivity index (χ0) is 16.2. The van der Waals surface area contributed by atoms with Gasteiger partial charge in [0, 0.05) is 11.1 Å². The molecule has 0 radical (unpaired) electrons. The van der Waals surface area contributed by atoms with Crippen molar-refractivity contribution >= 4 is 46.1 Å². The lowest BCUT2D eigenvalue weighted by Gasteiger charge is -2.03. The normalized spacial score (nSPS) is 11.0. The van der Waals surface area contributed by atoms with Crippen LogP contribution in [0.2, 0.25) is 10.0 Å². The first-order valence-electron chi connectivity index (χ1n) is 6.91. The zero-order valence-electron chi connectivity index (χ0n) is 12.0. The van der Waals surface area contributed by atoms with Gasteiger partial charge in [-0.05, 0) is 29.0 Å². The molecule has 1 amide bonds. The van der Waals surface area contributed by atoms with Crippen LogP contribution in [0.1, 0.15) is 15.9 Å². The molecule has 0 aliphatic rings. The fourth-order valence-corrected chi connectivity index (χ4v) is 2.52. The molecule has 3 aromatic rings. The number of nitrogens with one attached hydrogen (secondary N) is 1. The molecule has 3 aromatic carbocycles. The van der Waals surface area contributed by atoms with Crippen LogP contribution < -0.4 is 5.43 Å². The number of amides is 1. The van der Waals surface area contributed by atoms with E-state index in [4.69, 9.17) is 23.2 Å². The van der Waals surface area contributed by atoms with Gasteiger partial charge >= 0.3 is 0 Å². The monoisotopic (exact) mass is 342 g/mol. The second kappa shape index (κ2) is 6.82. The third-order valence-corrected chi connectivity index (χ3v) is 4.11. The Balaban J connectivity index is 1.77. The second-order valence-corrected chi connectivity index (χ2v) is 5.71. The summed E-state index contributed by atoms with van der Waals surface area (Å²) in [5.74, 6) is -0.347. The maximum Gasteiger partial charge on any atom is 0.271 e. The van der Waals surface area contributed by atoms with Crippen molar-refractivity contribution in [1.29, 1.82) is 0 Å². The van der Waals surface area contributed by atoms with Crippen molar-refractivity contribution in [2.45, 2.75) is 0 Å². The number of fused-ring (bicyclic) bond motifs is 1. The fourth-order valence-electron chi connectivity index (χ4n) is 2.23. The lowest BCUT2D eigenvalue weighted by atomic mass is 10.1. The van der Waals surface area contributed by atoms with Crippen LogP contribution in [0.15, 0.2) is 65.8 Å². The first-order valence-corrected chi connectivity index (χ1v) is 7.67. The minimum atomic E-state index is -0.347. The maximum absolute atomic E-state index is 12.0. The van der Waals surface area contributed by atoms with E-state index < -0.39 is 0 Å². The quantitative estimate of drug-likeness (QED) is 0.533. The molecule has 0 heterocycles. The largest absolute Gasteiger partial charge is 0.271 e. The topological polar surface area (TPSA) is 41.5 Å². The van der Waals surface area contributed by atoms with Gasteiger partial charge in [0.2, 0.25) is 0 Å². The molecule has 0 unspecified atom stereocenters. The number of carbonyl (C=O) groups is 1. The van der Waals surface area contributed by atoms with E-state index in [-0.39, 0.29) is 5.91 Å². The molecule has 0 saturated carbocycles. The van der Waals surface area contributed by atoms with E-state index in [1.165, 1.54) is 6.07 Å². The Kier molecular flexibility index (Phi) is 4.60. The minimum absolute atomic E-state index is 0.331. The molecule has 0 aliphatic carbocycles. The standard InChI is InChI=1S/C18H12Cl2N2O/c19-16-9-8-13(10-17(16)20)18(23)22-21-11-14-6-3-5-12-4-1-2-7-15(12)14/h1-11H,(H,22,23)/b21-11+. The SMILES string of the molecule is O=C(N/N=C/c1cccc2ccccc12)c1ccc(Cl)c(Cl)c1. The van der Waals surface area contributed by atoms with Crippen molar-refractivity contribution in [2.24, 2.45) is 5.10 Å². The molecular formula is C18H12Cl2N2O. The van der Waals surface area contributed by atoms with E-state index in [9.17, 15) is 4.79 Å². The van der Waals surface area contributed by atoms with Crippen molar-refractivity contribution in [2.75, 3.05) is 0 Å². The number of rotatable bonds is 3. The molecule has 5 heteroatoms. The average molecular weight is 343 g/mol. The number of nitrogens with zero attached hydrogens (tertiary/aromatic N) is 1. The number of hydrogen-bond acceptors (Lipinski definition) is 2. The molecule has 114 valence electrons. The van der Waals surface area contributed by atoms with Gasteiger partial charge in [0.25, 0.3) is 5.91 Å². The van der Waals surface area contributed by atoms with Crippen molar-refractivity contribution in [3.05, 3.63) is 81.8 Å². The van der Waals surface area contributed by atoms with Crippen molar-refractivity contribution in [3.8, 4) is 0 Å². The van der Waals surface area contributed by atoms with E-state index in [2.05, 4.69) is 10.5 Å². The Hall–Kier alpha value is -2.36. The van der Waals surface area contributed by atoms with Crippen LogP contribution in [0.25, 0.3) is 10.8 Å². The van der Waals surface area contributed by atoms with Gasteiger partial charge in [0.15, 0.2) is 0 Å². The number of benzene rings is 3. The van der Waals surface area contributed by atoms with Crippen molar-refractivity contribution in [1.82, 2.24) is 5.43 Å². The lowest BCUT2D eigenvalue weighted by molar-refractivity contribution is 0.0955. The Morgan fingerprint density at radius 2 is 1.74 bits per heavy atom. The second-order valence-electron chi connectivity index (χ2n) is 4.90. The van der Waals surface area contributed by atoms with Crippen molar-refractivity contribution in [3.63, 3.8) is 0 Å². The number of hydrazone groups is 1. The predicted octanol–water partition coefficient (Wildman–Crippen LogP) is 4.91. The number of hydrogen-bond donors (Lipinski definition) is 1. The van der Waals surface area contributed by atoms with Crippen LogP contribution in [0, 0.1) is 0 Å². The summed E-state index contributed by atoms with van der Waals surface area (Å²) >= 11 is 11.7. The summed E-state index contributed by atoms with van der Waals surface area (Å²) in [5, 5.41) is 6.95. The molecule has 1 N–H and O–H groups in total. The number of halogens is 2. The third-order valence-electron chi connectivity index (χ3n) is 3.37. The highest BCUT2D eigenvalue weighted by Crippen LogP contribution is 2.22. The molecule has 0 saturated heterocycles. The van der Waals surface area contributed by atoms with Gasteiger partial charge in [-0.25, -0.2) is 5.43 Å². The van der Waals surface area contributed by atoms with Gasteiger partial charge in [-0.15, -0.1) is 0 Å². The van der Waals surface area contributed by atoms with Crippen LogP contribution in [-0.2, 0) is 0 Å². The molecule has 0 bridgehead atoms. The van der Waals surface area contributed by atoms with Gasteiger partial charge in [-0.3, -0.25) is 4.79 Å². The average Bonchev–Trinajstić information content (AvgIpc) is 2.57. The minimum Gasteiger partial charge on any atom is -0.267 e. The van der Waals surface area contributed by atoms with Gasteiger partial charge in [0.1, 0.15) is 0 Å². The summed E-state index contributed by atoms with van der Waals surface area (Å²) < 4.78 is 0. The van der Waals surface area contributed by atoms with Crippen LogP contribution in [-0.4, -0.2) is 12.1 Å². The highest BCUT2D eigenvalue weighted by molar-refractivity contribution is 6.42. The van der Waals surface area contributed by atoms with E-state index in [0.717, 1.165) is 16.3 Å². The van der Waals surface area contributed by atoms with Crippen LogP contribution >= 0.6 is 23.2 Å². The Labute approximate surface area is 143 Å². The maximum atomic E-state index is 12.0. The molecule has 0 fully saturated rings. The molecule has 3 rings (SSSR count). The highest BCUT2D eigenvalue weighted by Gasteiger charge is 2.07. The van der Waals surface area contributed by atoms with Crippen LogP contribution in [0.5, 0.6) is 0 Å². The summed E-state index contributed by atoms with van der Waals surface area (Å²) in [6, 6.07) is 18.6. The zero-order valence-corrected chi connectivity index (χ0v) is 13.5. The van der Waals surface area contributed by atoms with E-state index in [1.54, 1.807) is 18.3 Å². The van der Waals surface area contributed by atoms with Gasteiger partial charge < -0.3 is 0 Å². The summed E-state index contributed by atoms with van der Waals surface area (Å²) in [5.41, 5.74) is 3.81. The lowest BCUT2D eigenvalue weighted by Crippen LogP contribution is -2.17. The highest BCUT2D eigenvalue weighted by atomic mass is 35.5. The van der Waals surface area contributed by atoms with Gasteiger partial charge in [0.05, 0.1) is 16.3 Å². The van der Waals surface area contributed by atoms with E-state index in [1.807, 2.05) is 42.5 Å². The van der Waals surface area contributed by atoms with E-state index in [0.29, 0.717) is 15.6 Å². The summed E-state index contributed by atoms with van der Waals surface area (Å²) in [6.07, 6.45) is 1.62. The molecule has 23 heavy (non-hydrogen) atoms.